The molecule has 0 saturated heterocycles. The summed E-state index contributed by atoms with van der Waals surface area (Å²) >= 11 is 0. The quantitative estimate of drug-likeness (QED) is 0.403. The Kier molecular flexibility index (Phi) is 54.0. The van der Waals surface area contributed by atoms with Crippen LogP contribution in [-0.2, 0) is 4.79 Å². The van der Waals surface area contributed by atoms with Crippen LogP contribution in [0.4, 0.5) is 0 Å². The molecule has 0 heterocycles. The van der Waals surface area contributed by atoms with E-state index in [4.69, 9.17) is 15.2 Å². The van der Waals surface area contributed by atoms with Gasteiger partial charge in [-0.25, -0.2) is 0 Å². The van der Waals surface area contributed by atoms with E-state index in [2.05, 4.69) is 5.73 Å². The monoisotopic (exact) mass is 194 g/mol. The summed E-state index contributed by atoms with van der Waals surface area (Å²) in [6.45, 7) is -0.278. The highest BCUT2D eigenvalue weighted by molar-refractivity contribution is 5.85. The third-order valence-corrected chi connectivity index (χ3v) is 0.175. The highest BCUT2D eigenvalue weighted by Gasteiger charge is 1.81. The first-order valence-corrected chi connectivity index (χ1v) is 1.57. The molecule has 0 aromatic carbocycles. The van der Waals surface area contributed by atoms with Crippen LogP contribution >= 0.6 is 24.8 Å². The number of hydrogen-bond donors (Lipinski definition) is 3. The van der Waals surface area contributed by atoms with Gasteiger partial charge in [-0.05, 0) is 0 Å². The Balaban J connectivity index is -0.0000000326. The third kappa shape index (κ3) is 153. The first kappa shape index (κ1) is 22.7. The number of carboxylic acids is 1. The molecule has 0 aliphatic rings. The average Bonchev–Trinajstić information content (AvgIpc) is 1.69. The number of rotatable bonds is 1. The number of carboxylic acid groups (broad SMARTS) is 1. The Labute approximate surface area is 69.2 Å². The van der Waals surface area contributed by atoms with Gasteiger partial charge >= 0.3 is 5.97 Å². The van der Waals surface area contributed by atoms with Crippen molar-refractivity contribution in [3.63, 3.8) is 0 Å². The largest absolute Gasteiger partial charge is 0.480 e. The van der Waals surface area contributed by atoms with Crippen molar-refractivity contribution in [3.05, 3.63) is 4.91 Å². The van der Waals surface area contributed by atoms with Gasteiger partial charge in [-0.1, -0.05) is 0 Å². The molecule has 0 aromatic rings. The van der Waals surface area contributed by atoms with Crippen LogP contribution in [-0.4, -0.2) is 22.8 Å². The van der Waals surface area contributed by atoms with Crippen LogP contribution in [0.15, 0.2) is 5.34 Å². The molecule has 0 fully saturated rings. The first-order chi connectivity index (χ1) is 3.68. The van der Waals surface area contributed by atoms with E-state index in [1.807, 2.05) is 0 Å². The summed E-state index contributed by atoms with van der Waals surface area (Å²) in [7, 11) is 0. The standard InChI is InChI=1S/C2H5NO2.2ClH.HNO2/c3-1-2(4)5;;;2-1-3/h1,3H2,(H,4,5);2*1H;(H,2,3). The van der Waals surface area contributed by atoms with Crippen molar-refractivity contribution in [1.29, 1.82) is 0 Å². The molecule has 6 nitrogen and oxygen atoms in total. The number of nitrogens with two attached hydrogens (primary N) is 1. The van der Waals surface area contributed by atoms with Gasteiger partial charge in [-0.2, -0.15) is 0 Å². The fourth-order valence-electron chi connectivity index (χ4n) is 0. The summed E-state index contributed by atoms with van der Waals surface area (Å²) < 4.78 is 0. The molecule has 10 heavy (non-hydrogen) atoms. The van der Waals surface area contributed by atoms with Crippen LogP contribution in [0.5, 0.6) is 0 Å². The van der Waals surface area contributed by atoms with Gasteiger partial charge in [-0.15, -0.1) is 29.7 Å². The maximum absolute atomic E-state index is 9.24. The van der Waals surface area contributed by atoms with Gasteiger partial charge in [0.1, 0.15) is 0 Å². The van der Waals surface area contributed by atoms with Gasteiger partial charge in [0.05, 0.1) is 6.54 Å². The van der Waals surface area contributed by atoms with Crippen molar-refractivity contribution in [3.8, 4) is 0 Å². The van der Waals surface area contributed by atoms with Gasteiger partial charge in [0.25, 0.3) is 0 Å². The number of halogens is 2. The molecule has 0 spiro atoms. The summed E-state index contributed by atoms with van der Waals surface area (Å²) in [5, 5.41) is 15.5. The smallest absolute Gasteiger partial charge is 0.317 e. The zero-order chi connectivity index (χ0) is 6.99. The molecule has 0 aromatic heterocycles. The topological polar surface area (TPSA) is 113 Å². The van der Waals surface area contributed by atoms with Crippen molar-refractivity contribution in [1.82, 2.24) is 0 Å². The summed E-state index contributed by atoms with van der Waals surface area (Å²) in [6.07, 6.45) is 0. The Morgan fingerprint density at radius 2 is 1.60 bits per heavy atom. The van der Waals surface area contributed by atoms with E-state index in [0.717, 1.165) is 0 Å². The molecule has 0 bridgehead atoms. The Bertz CT molecular complexity index is 79.7. The van der Waals surface area contributed by atoms with E-state index in [1.54, 1.807) is 0 Å². The van der Waals surface area contributed by atoms with Crippen molar-refractivity contribution in [2.45, 2.75) is 0 Å². The maximum Gasteiger partial charge on any atom is 0.317 e. The maximum atomic E-state index is 9.24. The van der Waals surface area contributed by atoms with E-state index in [9.17, 15) is 4.79 Å². The molecule has 0 radical (unpaired) electrons. The number of aliphatic carboxylic acids is 1. The van der Waals surface area contributed by atoms with Gasteiger partial charge in [-0.3, -0.25) is 4.79 Å². The molecule has 0 rings (SSSR count). The van der Waals surface area contributed by atoms with Crippen LogP contribution in [0, 0.1) is 4.91 Å². The molecule has 0 aliphatic heterocycles. The van der Waals surface area contributed by atoms with Crippen molar-refractivity contribution in [2.75, 3.05) is 6.54 Å². The second-order valence-electron chi connectivity index (χ2n) is 0.680. The molecular weight excluding hydrogens is 187 g/mol. The average molecular weight is 195 g/mol. The van der Waals surface area contributed by atoms with Gasteiger partial charge in [0, 0.05) is 0 Å². The van der Waals surface area contributed by atoms with Gasteiger partial charge < -0.3 is 16.0 Å². The first-order valence-electron chi connectivity index (χ1n) is 1.57. The van der Waals surface area contributed by atoms with Crippen molar-refractivity contribution >= 4 is 30.8 Å². The molecule has 0 aliphatic carbocycles. The lowest BCUT2D eigenvalue weighted by Gasteiger charge is -1.73. The van der Waals surface area contributed by atoms with Crippen LogP contribution in [0.25, 0.3) is 0 Å². The van der Waals surface area contributed by atoms with Crippen LogP contribution in [0.1, 0.15) is 0 Å². The molecule has 64 valence electrons. The fourth-order valence-corrected chi connectivity index (χ4v) is 0. The highest BCUT2D eigenvalue weighted by atomic mass is 35.5. The number of hydrogen-bond acceptors (Lipinski definition) is 4. The van der Waals surface area contributed by atoms with E-state index in [0.29, 0.717) is 0 Å². The lowest BCUT2D eigenvalue weighted by Crippen LogP contribution is -2.10. The zero-order valence-corrected chi connectivity index (χ0v) is 6.39. The minimum absolute atomic E-state index is 0. The van der Waals surface area contributed by atoms with Gasteiger partial charge in [0.15, 0.2) is 5.34 Å². The predicted molar refractivity (Wildman–Crippen MR) is 38.8 cm³/mol. The Hall–Kier alpha value is -0.590. The van der Waals surface area contributed by atoms with E-state index < -0.39 is 5.97 Å². The third-order valence-electron chi connectivity index (χ3n) is 0.175. The Morgan fingerprint density at radius 3 is 1.60 bits per heavy atom. The highest BCUT2D eigenvalue weighted by Crippen LogP contribution is 1.43. The molecule has 0 amide bonds. The summed E-state index contributed by atoms with van der Waals surface area (Å²) in [6, 6.07) is 0. The SMILES string of the molecule is Cl.Cl.NCC(=O)O.O=NO. The summed E-state index contributed by atoms with van der Waals surface area (Å²) in [4.78, 5) is 17.4. The van der Waals surface area contributed by atoms with Gasteiger partial charge in [0.2, 0.25) is 0 Å². The summed E-state index contributed by atoms with van der Waals surface area (Å²) in [5.74, 6) is -0.968. The summed E-state index contributed by atoms with van der Waals surface area (Å²) in [5.41, 5.74) is 4.57. The second-order valence-corrected chi connectivity index (χ2v) is 0.680. The Morgan fingerprint density at radius 1 is 1.50 bits per heavy atom. The minimum Gasteiger partial charge on any atom is -0.480 e. The lowest BCUT2D eigenvalue weighted by molar-refractivity contribution is -0.135. The van der Waals surface area contributed by atoms with E-state index in [1.165, 1.54) is 5.34 Å². The van der Waals surface area contributed by atoms with Crippen molar-refractivity contribution < 1.29 is 15.1 Å². The molecule has 0 atom stereocenters. The molecule has 8 heteroatoms. The van der Waals surface area contributed by atoms with Crippen molar-refractivity contribution in [2.24, 2.45) is 11.1 Å². The lowest BCUT2D eigenvalue weighted by atomic mass is 10.7. The molecular formula is C2H8Cl2N2O4. The second kappa shape index (κ2) is 23.7. The van der Waals surface area contributed by atoms with Crippen LogP contribution in [0.2, 0.25) is 0 Å². The van der Waals surface area contributed by atoms with Crippen LogP contribution in [0.3, 0.4) is 0 Å². The van der Waals surface area contributed by atoms with E-state index in [-0.39, 0.29) is 31.4 Å². The normalized spacial score (nSPS) is 4.90. The van der Waals surface area contributed by atoms with E-state index >= 15 is 0 Å². The fraction of sp³-hybridized carbons (Fsp3) is 0.500. The molecule has 0 saturated carbocycles. The number of nitrogens with zero attached hydrogens (tertiary/aromatic N) is 1. The zero-order valence-electron chi connectivity index (χ0n) is 4.76. The predicted octanol–water partition coefficient (Wildman–Crippen LogP) is 0.0153. The van der Waals surface area contributed by atoms with Crippen LogP contribution < -0.4 is 5.73 Å². The number of carbonyl (C=O) groups is 1. The minimum atomic E-state index is -0.968. The molecule has 0 unspecified atom stereocenters. The molecule has 4 N–H and O–H groups in total.